The molecule has 0 spiro atoms. The van der Waals surface area contributed by atoms with E-state index in [1.807, 2.05) is 41.3 Å². The van der Waals surface area contributed by atoms with Crippen molar-refractivity contribution in [3.63, 3.8) is 0 Å². The smallest absolute Gasteiger partial charge is 0.253 e. The van der Waals surface area contributed by atoms with E-state index in [0.717, 1.165) is 56.6 Å². The van der Waals surface area contributed by atoms with Gasteiger partial charge in [0.25, 0.3) is 5.91 Å². The monoisotopic (exact) mass is 425 g/mol. The van der Waals surface area contributed by atoms with Crippen LogP contribution in [0.25, 0.3) is 0 Å². The van der Waals surface area contributed by atoms with Crippen molar-refractivity contribution in [2.24, 2.45) is 0 Å². The lowest BCUT2D eigenvalue weighted by Gasteiger charge is -2.35. The molecule has 31 heavy (non-hydrogen) atoms. The van der Waals surface area contributed by atoms with Crippen LogP contribution in [0.5, 0.6) is 5.75 Å². The molecule has 168 valence electrons. The van der Waals surface area contributed by atoms with E-state index in [0.29, 0.717) is 18.7 Å². The molecule has 0 aliphatic carbocycles. The van der Waals surface area contributed by atoms with Crippen LogP contribution in [-0.4, -0.2) is 66.9 Å². The lowest BCUT2D eigenvalue weighted by molar-refractivity contribution is 0.0746. The van der Waals surface area contributed by atoms with Crippen LogP contribution >= 0.6 is 0 Å². The highest BCUT2D eigenvalue weighted by atomic mass is 16.5. The average Bonchev–Trinajstić information content (AvgIpc) is 2.83. The summed E-state index contributed by atoms with van der Waals surface area (Å²) in [6, 6.07) is 11.6. The molecule has 7 nitrogen and oxygen atoms in total. The minimum Gasteiger partial charge on any atom is -0.494 e. The Labute approximate surface area is 186 Å². The molecule has 0 atom stereocenters. The summed E-state index contributed by atoms with van der Waals surface area (Å²) in [5.41, 5.74) is 0.706. The van der Waals surface area contributed by atoms with Gasteiger partial charge in [0.15, 0.2) is 11.6 Å². The summed E-state index contributed by atoms with van der Waals surface area (Å²) in [7, 11) is 0. The maximum Gasteiger partial charge on any atom is 0.253 e. The minimum atomic E-state index is 0.0696. The fourth-order valence-corrected chi connectivity index (χ4v) is 3.76. The number of benzene rings is 1. The highest BCUT2D eigenvalue weighted by Crippen LogP contribution is 2.19. The third-order valence-electron chi connectivity index (χ3n) is 5.73. The lowest BCUT2D eigenvalue weighted by atomic mass is 10.1. The Balaban J connectivity index is 1.50. The molecule has 0 unspecified atom stereocenters. The molecule has 0 radical (unpaired) electrons. The van der Waals surface area contributed by atoms with Gasteiger partial charge in [0.2, 0.25) is 0 Å². The van der Waals surface area contributed by atoms with E-state index in [9.17, 15) is 4.79 Å². The number of ether oxygens (including phenoxy) is 1. The zero-order chi connectivity index (χ0) is 22.1. The zero-order valence-electron chi connectivity index (χ0n) is 19.1. The molecule has 2 heterocycles. The normalized spacial score (nSPS) is 13.9. The molecule has 1 aliphatic rings. The second-order valence-corrected chi connectivity index (χ2v) is 7.78. The van der Waals surface area contributed by atoms with Gasteiger partial charge in [-0.25, -0.2) is 0 Å². The molecule has 1 aromatic carbocycles. The van der Waals surface area contributed by atoms with E-state index in [-0.39, 0.29) is 5.91 Å². The highest BCUT2D eigenvalue weighted by molar-refractivity contribution is 5.94. The molecule has 1 saturated heterocycles. The Morgan fingerprint density at radius 1 is 0.935 bits per heavy atom. The predicted octanol–water partition coefficient (Wildman–Crippen LogP) is 3.85. The van der Waals surface area contributed by atoms with Crippen molar-refractivity contribution >= 4 is 17.5 Å². The van der Waals surface area contributed by atoms with Crippen molar-refractivity contribution in [2.75, 3.05) is 55.7 Å². The summed E-state index contributed by atoms with van der Waals surface area (Å²) >= 11 is 0. The topological polar surface area (TPSA) is 61.8 Å². The van der Waals surface area contributed by atoms with Crippen molar-refractivity contribution in [2.45, 2.75) is 40.0 Å². The van der Waals surface area contributed by atoms with Gasteiger partial charge in [0.05, 0.1) is 6.61 Å². The van der Waals surface area contributed by atoms with Gasteiger partial charge in [0.1, 0.15) is 5.75 Å². The predicted molar refractivity (Wildman–Crippen MR) is 125 cm³/mol. The first-order valence-corrected chi connectivity index (χ1v) is 11.5. The summed E-state index contributed by atoms with van der Waals surface area (Å²) in [6.07, 6.45) is 3.41. The van der Waals surface area contributed by atoms with Gasteiger partial charge in [-0.15, -0.1) is 10.2 Å². The first kappa shape index (κ1) is 22.8. The summed E-state index contributed by atoms with van der Waals surface area (Å²) in [5, 5.41) is 8.79. The van der Waals surface area contributed by atoms with Crippen LogP contribution in [-0.2, 0) is 0 Å². The summed E-state index contributed by atoms with van der Waals surface area (Å²) < 4.78 is 5.74. The van der Waals surface area contributed by atoms with Gasteiger partial charge in [-0.05, 0) is 56.7 Å². The Hall–Kier alpha value is -2.83. The van der Waals surface area contributed by atoms with Crippen LogP contribution in [0.2, 0.25) is 0 Å². The van der Waals surface area contributed by atoms with Crippen molar-refractivity contribution in [3.05, 3.63) is 42.0 Å². The molecule has 0 saturated carbocycles. The summed E-state index contributed by atoms with van der Waals surface area (Å²) in [6.45, 7) is 11.8. The third-order valence-corrected chi connectivity index (χ3v) is 5.73. The van der Waals surface area contributed by atoms with Crippen LogP contribution in [0, 0.1) is 0 Å². The van der Waals surface area contributed by atoms with Crippen molar-refractivity contribution in [1.82, 2.24) is 15.1 Å². The molecule has 7 heteroatoms. The van der Waals surface area contributed by atoms with E-state index < -0.39 is 0 Å². The number of anilines is 2. The molecule has 1 aliphatic heterocycles. The minimum absolute atomic E-state index is 0.0696. The summed E-state index contributed by atoms with van der Waals surface area (Å²) in [4.78, 5) is 19.1. The molecular weight excluding hydrogens is 390 g/mol. The Morgan fingerprint density at radius 3 is 2.23 bits per heavy atom. The van der Waals surface area contributed by atoms with Gasteiger partial charge in [-0.3, -0.25) is 4.79 Å². The van der Waals surface area contributed by atoms with E-state index >= 15 is 0 Å². The third kappa shape index (κ3) is 6.09. The number of carbonyl (C=O) groups is 1. The van der Waals surface area contributed by atoms with Crippen molar-refractivity contribution in [1.29, 1.82) is 0 Å². The number of hydrogen-bond acceptors (Lipinski definition) is 6. The Bertz CT molecular complexity index is 798. The van der Waals surface area contributed by atoms with Crippen LogP contribution in [0.15, 0.2) is 36.4 Å². The van der Waals surface area contributed by atoms with E-state index in [1.165, 1.54) is 12.8 Å². The quantitative estimate of drug-likeness (QED) is 0.539. The SMILES string of the molecule is CCCCCOc1ccc(C(=O)N2CCN(c3ccc(N(CC)CC)nn3)CC2)cc1. The van der Waals surface area contributed by atoms with Crippen LogP contribution in [0.1, 0.15) is 50.4 Å². The van der Waals surface area contributed by atoms with E-state index in [1.54, 1.807) is 0 Å². The molecular formula is C24H35N5O2. The van der Waals surface area contributed by atoms with Gasteiger partial charge in [0, 0.05) is 44.8 Å². The standard InChI is InChI=1S/C24H35N5O2/c1-4-7-8-19-31-21-11-9-20(10-12-21)24(30)29-17-15-28(16-18-29)23-14-13-22(25-26-23)27(5-2)6-3/h9-14H,4-8,15-19H2,1-3H3. The largest absolute Gasteiger partial charge is 0.494 e. The van der Waals surface area contributed by atoms with Gasteiger partial charge in [-0.1, -0.05) is 19.8 Å². The fourth-order valence-electron chi connectivity index (χ4n) is 3.76. The molecule has 2 aromatic rings. The first-order chi connectivity index (χ1) is 15.2. The zero-order valence-corrected chi connectivity index (χ0v) is 19.1. The second-order valence-electron chi connectivity index (χ2n) is 7.78. The van der Waals surface area contributed by atoms with Gasteiger partial charge in [-0.2, -0.15) is 0 Å². The van der Waals surface area contributed by atoms with Crippen LogP contribution in [0.4, 0.5) is 11.6 Å². The van der Waals surface area contributed by atoms with E-state index in [2.05, 4.69) is 40.8 Å². The number of aromatic nitrogens is 2. The second kappa shape index (κ2) is 11.5. The fraction of sp³-hybridized carbons (Fsp3) is 0.542. The Morgan fingerprint density at radius 2 is 1.65 bits per heavy atom. The molecule has 1 amide bonds. The number of amides is 1. The number of rotatable bonds is 10. The Kier molecular flexibility index (Phi) is 8.50. The number of piperazine rings is 1. The molecule has 1 fully saturated rings. The number of unbranched alkanes of at least 4 members (excludes halogenated alkanes) is 2. The van der Waals surface area contributed by atoms with Gasteiger partial charge < -0.3 is 19.4 Å². The number of hydrogen-bond donors (Lipinski definition) is 0. The van der Waals surface area contributed by atoms with Crippen LogP contribution in [0.3, 0.4) is 0 Å². The van der Waals surface area contributed by atoms with Crippen molar-refractivity contribution < 1.29 is 9.53 Å². The number of nitrogens with zero attached hydrogens (tertiary/aromatic N) is 5. The highest BCUT2D eigenvalue weighted by Gasteiger charge is 2.23. The first-order valence-electron chi connectivity index (χ1n) is 11.5. The van der Waals surface area contributed by atoms with Crippen molar-refractivity contribution in [3.8, 4) is 5.75 Å². The molecule has 1 aromatic heterocycles. The number of carbonyl (C=O) groups excluding carboxylic acids is 1. The maximum absolute atomic E-state index is 12.9. The average molecular weight is 426 g/mol. The molecule has 0 bridgehead atoms. The van der Waals surface area contributed by atoms with Crippen LogP contribution < -0.4 is 14.5 Å². The summed E-state index contributed by atoms with van der Waals surface area (Å²) in [5.74, 6) is 2.66. The molecule has 3 rings (SSSR count). The maximum atomic E-state index is 12.9. The lowest BCUT2D eigenvalue weighted by Crippen LogP contribution is -2.49. The van der Waals surface area contributed by atoms with E-state index in [4.69, 9.17) is 4.74 Å². The molecule has 0 N–H and O–H groups in total. The van der Waals surface area contributed by atoms with Gasteiger partial charge >= 0.3 is 0 Å².